The molecule has 0 aromatic carbocycles. The Morgan fingerprint density at radius 2 is 2.35 bits per heavy atom. The van der Waals surface area contributed by atoms with Crippen LogP contribution in [-0.2, 0) is 16.0 Å². The number of nitrogens with one attached hydrogen (secondary N) is 1. The highest BCUT2D eigenvalue weighted by molar-refractivity contribution is 5.80. The van der Waals surface area contributed by atoms with Gasteiger partial charge in [0.2, 0.25) is 5.79 Å². The van der Waals surface area contributed by atoms with Gasteiger partial charge in [-0.3, -0.25) is 0 Å². The van der Waals surface area contributed by atoms with Crippen LogP contribution in [0.4, 0.5) is 0 Å². The fourth-order valence-corrected chi connectivity index (χ4v) is 2.25. The van der Waals surface area contributed by atoms with Gasteiger partial charge in [0.05, 0.1) is 39.0 Å². The van der Waals surface area contributed by atoms with Crippen molar-refractivity contribution in [3.05, 3.63) is 28.5 Å². The number of aromatic nitrogens is 1. The Hall–Kier alpha value is -2.20. The van der Waals surface area contributed by atoms with Crippen molar-refractivity contribution < 1.29 is 18.9 Å². The number of ether oxygens (including phenoxy) is 2. The van der Waals surface area contributed by atoms with Gasteiger partial charge in [0, 0.05) is 0 Å². The fourth-order valence-electron chi connectivity index (χ4n) is 2.25. The number of rotatable bonds is 3. The minimum atomic E-state index is -0.796. The zero-order valence-corrected chi connectivity index (χ0v) is 10.5. The summed E-state index contributed by atoms with van der Waals surface area (Å²) in [5, 5.41) is 16.0. The Kier molecular flexibility index (Phi) is 3.24. The van der Waals surface area contributed by atoms with Crippen LogP contribution < -0.4 is 5.32 Å². The quantitative estimate of drug-likeness (QED) is 0.576. The molecule has 10 nitrogen and oxygen atoms in total. The molecule has 1 spiro atoms. The highest BCUT2D eigenvalue weighted by Gasteiger charge is 2.44. The molecule has 2 fully saturated rings. The molecule has 1 aromatic heterocycles. The minimum Gasteiger partial charge on any atom is -0.447 e. The summed E-state index contributed by atoms with van der Waals surface area (Å²) in [6, 6.07) is 0. The van der Waals surface area contributed by atoms with Crippen molar-refractivity contribution in [3.63, 3.8) is 0 Å². The topological polar surface area (TPSA) is 115 Å². The fraction of sp³-hybridized carbons (Fsp3) is 0.600. The van der Waals surface area contributed by atoms with Crippen LogP contribution in [0.2, 0.25) is 0 Å². The third-order valence-electron chi connectivity index (χ3n) is 3.07. The monoisotopic (exact) mass is 283 g/mol. The van der Waals surface area contributed by atoms with E-state index in [4.69, 9.17) is 13.9 Å². The summed E-state index contributed by atoms with van der Waals surface area (Å²) in [4.78, 5) is 16.0. The maximum Gasteiger partial charge on any atom is 0.272 e. The number of guanidine groups is 1. The maximum atomic E-state index is 10.6. The van der Waals surface area contributed by atoms with Crippen LogP contribution in [0.5, 0.6) is 0 Å². The summed E-state index contributed by atoms with van der Waals surface area (Å²) in [6.07, 6.45) is 2.84. The third kappa shape index (κ3) is 2.56. The normalized spacial score (nSPS) is 23.2. The minimum absolute atomic E-state index is 0.149. The van der Waals surface area contributed by atoms with Crippen molar-refractivity contribution >= 4 is 5.96 Å². The number of hydrogen-bond acceptors (Lipinski definition) is 6. The van der Waals surface area contributed by atoms with Crippen molar-refractivity contribution in [1.82, 2.24) is 15.2 Å². The molecule has 2 aliphatic rings. The van der Waals surface area contributed by atoms with Crippen molar-refractivity contribution in [2.24, 2.45) is 5.10 Å². The van der Waals surface area contributed by atoms with Gasteiger partial charge in [-0.05, 0) is 0 Å². The zero-order chi connectivity index (χ0) is 14.0. The van der Waals surface area contributed by atoms with Crippen molar-refractivity contribution in [2.75, 3.05) is 26.3 Å². The molecular weight excluding hydrogens is 270 g/mol. The van der Waals surface area contributed by atoms with E-state index >= 15 is 0 Å². The molecule has 0 unspecified atom stereocenters. The summed E-state index contributed by atoms with van der Waals surface area (Å²) < 4.78 is 16.3. The van der Waals surface area contributed by atoms with E-state index in [0.717, 1.165) is 0 Å². The Labute approximate surface area is 113 Å². The Morgan fingerprint density at radius 1 is 1.55 bits per heavy atom. The molecule has 2 aliphatic heterocycles. The summed E-state index contributed by atoms with van der Waals surface area (Å²) >= 11 is 0. The van der Waals surface area contributed by atoms with Gasteiger partial charge in [-0.1, -0.05) is 0 Å². The molecule has 1 N–H and O–H groups in total. The van der Waals surface area contributed by atoms with E-state index in [-0.39, 0.29) is 12.5 Å². The lowest BCUT2D eigenvalue weighted by Crippen LogP contribution is -2.61. The summed E-state index contributed by atoms with van der Waals surface area (Å²) in [6.45, 7) is 1.92. The van der Waals surface area contributed by atoms with Crippen LogP contribution in [-0.4, -0.2) is 53.0 Å². The van der Waals surface area contributed by atoms with E-state index in [1.54, 1.807) is 11.1 Å². The second-order valence-corrected chi connectivity index (χ2v) is 4.45. The predicted octanol–water partition coefficient (Wildman–Crippen LogP) is -0.629. The molecule has 0 amide bonds. The van der Waals surface area contributed by atoms with Crippen molar-refractivity contribution in [1.29, 1.82) is 0 Å². The van der Waals surface area contributed by atoms with E-state index in [2.05, 4.69) is 15.4 Å². The van der Waals surface area contributed by atoms with Gasteiger partial charge < -0.3 is 24.1 Å². The largest absolute Gasteiger partial charge is 0.447 e. The Bertz CT molecular complexity index is 510. The van der Waals surface area contributed by atoms with E-state index in [1.165, 1.54) is 6.39 Å². The first-order valence-corrected chi connectivity index (χ1v) is 6.04. The molecule has 2 saturated heterocycles. The number of hydrogen-bond donors (Lipinski definition) is 1. The molecule has 0 bridgehead atoms. The van der Waals surface area contributed by atoms with Crippen molar-refractivity contribution in [2.45, 2.75) is 12.3 Å². The number of hydrazone groups is 1. The summed E-state index contributed by atoms with van der Waals surface area (Å²) in [5.41, 5.74) is 0. The van der Waals surface area contributed by atoms with Crippen LogP contribution >= 0.6 is 0 Å². The average molecular weight is 283 g/mol. The van der Waals surface area contributed by atoms with E-state index in [0.29, 0.717) is 32.1 Å². The first-order chi connectivity index (χ1) is 9.67. The first kappa shape index (κ1) is 12.8. The molecule has 108 valence electrons. The molecule has 0 radical (unpaired) electrons. The highest BCUT2D eigenvalue weighted by atomic mass is 16.7. The van der Waals surface area contributed by atoms with Crippen LogP contribution in [0.1, 0.15) is 5.76 Å². The lowest BCUT2D eigenvalue weighted by Gasteiger charge is -2.39. The molecule has 0 atom stereocenters. The van der Waals surface area contributed by atoms with Gasteiger partial charge in [-0.15, -0.1) is 0 Å². The first-order valence-electron chi connectivity index (χ1n) is 6.04. The van der Waals surface area contributed by atoms with Crippen LogP contribution in [0.25, 0.3) is 0 Å². The molecular formula is C10H13N5O5. The van der Waals surface area contributed by atoms with Gasteiger partial charge in [0.25, 0.3) is 5.96 Å². The summed E-state index contributed by atoms with van der Waals surface area (Å²) in [7, 11) is 0. The second-order valence-electron chi connectivity index (χ2n) is 4.45. The van der Waals surface area contributed by atoms with Crippen LogP contribution in [0, 0.1) is 10.1 Å². The lowest BCUT2D eigenvalue weighted by atomic mass is 10.2. The number of nitro groups is 1. The second kappa shape index (κ2) is 5.06. The number of nitrogens with zero attached hydrogens (tertiary/aromatic N) is 4. The molecule has 1 aromatic rings. The maximum absolute atomic E-state index is 10.6. The molecule has 20 heavy (non-hydrogen) atoms. The highest BCUT2D eigenvalue weighted by Crippen LogP contribution is 2.24. The lowest BCUT2D eigenvalue weighted by molar-refractivity contribution is -0.486. The molecule has 0 aliphatic carbocycles. The third-order valence-corrected chi connectivity index (χ3v) is 3.07. The van der Waals surface area contributed by atoms with Gasteiger partial charge >= 0.3 is 0 Å². The smallest absolute Gasteiger partial charge is 0.272 e. The zero-order valence-electron chi connectivity index (χ0n) is 10.5. The van der Waals surface area contributed by atoms with E-state index < -0.39 is 10.8 Å². The molecule has 0 saturated carbocycles. The molecule has 3 heterocycles. The average Bonchev–Trinajstić information content (AvgIpc) is 3.05. The summed E-state index contributed by atoms with van der Waals surface area (Å²) in [5.74, 6) is -0.0793. The van der Waals surface area contributed by atoms with Gasteiger partial charge in [-0.25, -0.2) is 15.1 Å². The standard InChI is InChI=1S/C10H13N5O5/c16-15(17)13-9-12-5-10(19-1-2-20-10)6-14(9)4-8-3-11-7-18-8/h3,7H,1-2,4-6H2,(H,12,13). The number of oxazole rings is 1. The van der Waals surface area contributed by atoms with Crippen LogP contribution in [0.3, 0.4) is 0 Å². The van der Waals surface area contributed by atoms with Crippen molar-refractivity contribution in [3.8, 4) is 0 Å². The van der Waals surface area contributed by atoms with Gasteiger partial charge in [0.1, 0.15) is 10.9 Å². The van der Waals surface area contributed by atoms with E-state index in [1.807, 2.05) is 0 Å². The van der Waals surface area contributed by atoms with Gasteiger partial charge in [-0.2, -0.15) is 0 Å². The Morgan fingerprint density at radius 3 is 3.00 bits per heavy atom. The van der Waals surface area contributed by atoms with E-state index in [9.17, 15) is 10.1 Å². The SMILES string of the molecule is O=[N+]([O-])N=C1NCC2(CN1Cc1cnco1)OCCO2. The predicted molar refractivity (Wildman–Crippen MR) is 64.0 cm³/mol. The Balaban J connectivity index is 1.80. The van der Waals surface area contributed by atoms with Gasteiger partial charge in [0.15, 0.2) is 11.4 Å². The molecule has 10 heteroatoms. The molecule has 3 rings (SSSR count). The van der Waals surface area contributed by atoms with Crippen LogP contribution in [0.15, 0.2) is 22.1 Å².